The minimum atomic E-state index is 0.318. The molecule has 0 aliphatic carbocycles. The maximum atomic E-state index is 5.99. The van der Waals surface area contributed by atoms with E-state index in [0.717, 1.165) is 19.0 Å². The van der Waals surface area contributed by atoms with Crippen LogP contribution in [0.5, 0.6) is 0 Å². The van der Waals surface area contributed by atoms with Crippen molar-refractivity contribution in [1.29, 1.82) is 0 Å². The van der Waals surface area contributed by atoms with Crippen LogP contribution < -0.4 is 5.73 Å². The molecule has 0 aromatic rings. The average molecular weight is 253 g/mol. The maximum Gasteiger partial charge on any atom is 0.0707 e. The number of fused-ring (bicyclic) bond motifs is 1. The number of ether oxygens (including phenoxy) is 1. The molecule has 0 bridgehead atoms. The van der Waals surface area contributed by atoms with Crippen LogP contribution in [0, 0.1) is 0 Å². The molecule has 4 nitrogen and oxygen atoms in total. The van der Waals surface area contributed by atoms with Gasteiger partial charge in [-0.3, -0.25) is 9.80 Å². The van der Waals surface area contributed by atoms with E-state index in [1.54, 1.807) is 0 Å². The Balaban J connectivity index is 1.53. The van der Waals surface area contributed by atoms with Gasteiger partial charge in [-0.1, -0.05) is 0 Å². The van der Waals surface area contributed by atoms with Gasteiger partial charge < -0.3 is 10.5 Å². The maximum absolute atomic E-state index is 5.99. The summed E-state index contributed by atoms with van der Waals surface area (Å²) in [5.41, 5.74) is 5.68. The van der Waals surface area contributed by atoms with Crippen LogP contribution in [0.3, 0.4) is 0 Å². The van der Waals surface area contributed by atoms with E-state index in [4.69, 9.17) is 10.5 Å². The summed E-state index contributed by atoms with van der Waals surface area (Å²) in [6, 6.07) is 1.49. The first-order chi connectivity index (χ1) is 8.76. The Labute approximate surface area is 110 Å². The van der Waals surface area contributed by atoms with Gasteiger partial charge in [-0.2, -0.15) is 0 Å². The molecule has 4 atom stereocenters. The predicted octanol–water partition coefficient (Wildman–Crippen LogP) is 0.661. The van der Waals surface area contributed by atoms with E-state index in [2.05, 4.69) is 16.7 Å². The Kier molecular flexibility index (Phi) is 3.89. The van der Waals surface area contributed by atoms with Gasteiger partial charge in [-0.15, -0.1) is 0 Å². The molecular formula is C14H27N3O. The summed E-state index contributed by atoms with van der Waals surface area (Å²) in [7, 11) is 0. The molecule has 3 aliphatic heterocycles. The zero-order chi connectivity index (χ0) is 12.5. The Hall–Kier alpha value is -0.160. The lowest BCUT2D eigenvalue weighted by atomic mass is 10.1. The molecule has 4 heteroatoms. The predicted molar refractivity (Wildman–Crippen MR) is 72.6 cm³/mol. The smallest absolute Gasteiger partial charge is 0.0707 e. The molecule has 0 amide bonds. The molecule has 0 spiro atoms. The fourth-order valence-electron chi connectivity index (χ4n) is 3.85. The second-order valence-electron chi connectivity index (χ2n) is 6.29. The van der Waals surface area contributed by atoms with Crippen molar-refractivity contribution in [2.45, 2.75) is 56.9 Å². The lowest BCUT2D eigenvalue weighted by molar-refractivity contribution is -0.00826. The van der Waals surface area contributed by atoms with Crippen molar-refractivity contribution in [3.8, 4) is 0 Å². The molecule has 3 aliphatic rings. The molecule has 3 heterocycles. The molecule has 0 saturated carbocycles. The van der Waals surface area contributed by atoms with E-state index < -0.39 is 0 Å². The van der Waals surface area contributed by atoms with E-state index in [9.17, 15) is 0 Å². The fourth-order valence-corrected chi connectivity index (χ4v) is 3.85. The SMILES string of the molecule is CC1CN2CCCC2CN1CC1CCC(CN)O1. The fraction of sp³-hybridized carbons (Fsp3) is 1.00. The highest BCUT2D eigenvalue weighted by atomic mass is 16.5. The Morgan fingerprint density at radius 1 is 1.17 bits per heavy atom. The molecule has 2 N–H and O–H groups in total. The van der Waals surface area contributed by atoms with Crippen molar-refractivity contribution in [3.63, 3.8) is 0 Å². The lowest BCUT2D eigenvalue weighted by Gasteiger charge is -2.43. The van der Waals surface area contributed by atoms with Crippen molar-refractivity contribution < 1.29 is 4.74 Å². The first-order valence-corrected chi connectivity index (χ1v) is 7.60. The standard InChI is InChI=1S/C14H27N3O/c1-11-8-16-6-2-3-12(16)9-17(11)10-14-5-4-13(7-15)18-14/h11-14H,2-10,15H2,1H3. The lowest BCUT2D eigenvalue weighted by Crippen LogP contribution is -2.56. The Bertz CT molecular complexity index is 286. The van der Waals surface area contributed by atoms with E-state index in [-0.39, 0.29) is 0 Å². The third-order valence-electron chi connectivity index (χ3n) is 4.96. The van der Waals surface area contributed by atoms with Gasteiger partial charge >= 0.3 is 0 Å². The largest absolute Gasteiger partial charge is 0.372 e. The van der Waals surface area contributed by atoms with Gasteiger partial charge in [-0.25, -0.2) is 0 Å². The van der Waals surface area contributed by atoms with Gasteiger partial charge in [0.15, 0.2) is 0 Å². The average Bonchev–Trinajstić information content (AvgIpc) is 2.98. The van der Waals surface area contributed by atoms with Gasteiger partial charge in [0.05, 0.1) is 12.2 Å². The van der Waals surface area contributed by atoms with Crippen molar-refractivity contribution in [1.82, 2.24) is 9.80 Å². The topological polar surface area (TPSA) is 41.7 Å². The Morgan fingerprint density at radius 2 is 2.00 bits per heavy atom. The second kappa shape index (κ2) is 5.45. The Morgan fingerprint density at radius 3 is 2.78 bits per heavy atom. The van der Waals surface area contributed by atoms with Gasteiger partial charge in [-0.05, 0) is 39.2 Å². The van der Waals surface area contributed by atoms with Crippen molar-refractivity contribution in [2.24, 2.45) is 5.73 Å². The van der Waals surface area contributed by atoms with Crippen LogP contribution in [0.2, 0.25) is 0 Å². The molecule has 3 saturated heterocycles. The van der Waals surface area contributed by atoms with E-state index in [0.29, 0.717) is 24.8 Å². The molecule has 104 valence electrons. The van der Waals surface area contributed by atoms with Crippen LogP contribution in [0.1, 0.15) is 32.6 Å². The summed E-state index contributed by atoms with van der Waals surface area (Å²) < 4.78 is 5.99. The number of rotatable bonds is 3. The molecule has 0 aromatic heterocycles. The second-order valence-corrected chi connectivity index (χ2v) is 6.29. The molecular weight excluding hydrogens is 226 g/mol. The summed E-state index contributed by atoms with van der Waals surface area (Å²) >= 11 is 0. The summed E-state index contributed by atoms with van der Waals surface area (Å²) in [6.07, 6.45) is 5.87. The normalized spacial score (nSPS) is 42.3. The number of hydrogen-bond acceptors (Lipinski definition) is 4. The van der Waals surface area contributed by atoms with Gasteiger partial charge in [0.1, 0.15) is 0 Å². The van der Waals surface area contributed by atoms with Crippen LogP contribution >= 0.6 is 0 Å². The van der Waals surface area contributed by atoms with Crippen molar-refractivity contribution in [2.75, 3.05) is 32.7 Å². The molecule has 3 fully saturated rings. The number of piperazine rings is 1. The summed E-state index contributed by atoms with van der Waals surface area (Å²) in [5, 5.41) is 0. The zero-order valence-corrected chi connectivity index (χ0v) is 11.6. The minimum Gasteiger partial charge on any atom is -0.372 e. The molecule has 18 heavy (non-hydrogen) atoms. The first-order valence-electron chi connectivity index (χ1n) is 7.60. The third kappa shape index (κ3) is 2.57. The highest BCUT2D eigenvalue weighted by Gasteiger charge is 2.36. The zero-order valence-electron chi connectivity index (χ0n) is 11.6. The van der Waals surface area contributed by atoms with Crippen LogP contribution in [0.15, 0.2) is 0 Å². The minimum absolute atomic E-state index is 0.318. The molecule has 0 aromatic carbocycles. The van der Waals surface area contributed by atoms with Gasteiger partial charge in [0.25, 0.3) is 0 Å². The summed E-state index contributed by atoms with van der Waals surface area (Å²) in [5.74, 6) is 0. The number of nitrogens with two attached hydrogens (primary N) is 1. The van der Waals surface area contributed by atoms with E-state index >= 15 is 0 Å². The van der Waals surface area contributed by atoms with Crippen molar-refractivity contribution in [3.05, 3.63) is 0 Å². The summed E-state index contributed by atoms with van der Waals surface area (Å²) in [6.45, 7) is 7.97. The monoisotopic (exact) mass is 253 g/mol. The highest BCUT2D eigenvalue weighted by Crippen LogP contribution is 2.27. The van der Waals surface area contributed by atoms with Crippen LogP contribution in [-0.4, -0.2) is 66.8 Å². The summed E-state index contributed by atoms with van der Waals surface area (Å²) in [4.78, 5) is 5.33. The molecule has 3 rings (SSSR count). The third-order valence-corrected chi connectivity index (χ3v) is 4.96. The molecule has 4 unspecified atom stereocenters. The molecule has 0 radical (unpaired) electrons. The van der Waals surface area contributed by atoms with Crippen LogP contribution in [-0.2, 0) is 4.74 Å². The number of hydrogen-bond donors (Lipinski definition) is 1. The van der Waals surface area contributed by atoms with Crippen LogP contribution in [0.25, 0.3) is 0 Å². The quantitative estimate of drug-likeness (QED) is 0.802. The van der Waals surface area contributed by atoms with Crippen LogP contribution in [0.4, 0.5) is 0 Å². The van der Waals surface area contributed by atoms with Gasteiger partial charge in [0, 0.05) is 38.3 Å². The van der Waals surface area contributed by atoms with Crippen molar-refractivity contribution >= 4 is 0 Å². The van der Waals surface area contributed by atoms with E-state index in [1.807, 2.05) is 0 Å². The highest BCUT2D eigenvalue weighted by molar-refractivity contribution is 4.92. The van der Waals surface area contributed by atoms with Gasteiger partial charge in [0.2, 0.25) is 0 Å². The number of nitrogens with zero attached hydrogens (tertiary/aromatic N) is 2. The van der Waals surface area contributed by atoms with E-state index in [1.165, 1.54) is 38.9 Å². The first kappa shape index (κ1) is 12.9.